The first-order valence-corrected chi connectivity index (χ1v) is 12.4. The second kappa shape index (κ2) is 7.71. The van der Waals surface area contributed by atoms with E-state index in [0.717, 1.165) is 23.2 Å². The number of carbonyl (C=O) groups excluding carboxylic acids is 1. The second-order valence-corrected chi connectivity index (χ2v) is 11.7. The van der Waals surface area contributed by atoms with Crippen molar-refractivity contribution in [1.29, 1.82) is 10.0 Å². The molecular weight excluding hydrogens is 495 g/mol. The van der Waals surface area contributed by atoms with Crippen molar-refractivity contribution in [2.45, 2.75) is 61.7 Å². The highest BCUT2D eigenvalue weighted by Crippen LogP contribution is 2.54. The van der Waals surface area contributed by atoms with Gasteiger partial charge in [0.2, 0.25) is 5.92 Å². The van der Waals surface area contributed by atoms with Crippen molar-refractivity contribution in [1.82, 2.24) is 14.8 Å². The number of nitrogens with one attached hydrogen (secondary N) is 2. The molecule has 0 saturated heterocycles. The van der Waals surface area contributed by atoms with Gasteiger partial charge in [0, 0.05) is 37.5 Å². The minimum Gasteiger partial charge on any atom is -0.320 e. The Labute approximate surface area is 197 Å². The Morgan fingerprint density at radius 1 is 1.34 bits per heavy atom. The average molecular weight is 516 g/mol. The molecule has 0 unspecified atom stereocenters. The van der Waals surface area contributed by atoms with Gasteiger partial charge in [-0.15, -0.1) is 0 Å². The van der Waals surface area contributed by atoms with E-state index in [2.05, 4.69) is 15.4 Å². The molecule has 0 spiro atoms. The highest BCUT2D eigenvalue weighted by molar-refractivity contribution is 7.91. The summed E-state index contributed by atoms with van der Waals surface area (Å²) in [6, 6.07) is 4.20. The quantitative estimate of drug-likeness (QED) is 0.544. The lowest BCUT2D eigenvalue weighted by atomic mass is 9.67. The van der Waals surface area contributed by atoms with Crippen LogP contribution in [0.15, 0.2) is 23.4 Å². The number of carbonyl (C=O) groups is 1. The van der Waals surface area contributed by atoms with Crippen molar-refractivity contribution in [3.05, 3.63) is 35.3 Å². The normalized spacial score (nSPS) is 21.3. The monoisotopic (exact) mass is 516 g/mol. The Bertz CT molecular complexity index is 1350. The average Bonchev–Trinajstić information content (AvgIpc) is 3.39. The number of pyridine rings is 1. The van der Waals surface area contributed by atoms with Crippen molar-refractivity contribution in [2.24, 2.45) is 5.41 Å². The lowest BCUT2D eigenvalue weighted by Gasteiger charge is -2.44. The summed E-state index contributed by atoms with van der Waals surface area (Å²) < 4.78 is 90.3. The van der Waals surface area contributed by atoms with E-state index in [1.807, 2.05) is 6.07 Å². The minimum atomic E-state index is -5.06. The molecule has 1 atom stereocenters. The summed E-state index contributed by atoms with van der Waals surface area (Å²) >= 11 is 0. The molecule has 188 valence electrons. The first kappa shape index (κ1) is 25.0. The first-order valence-electron chi connectivity index (χ1n) is 10.5. The molecule has 0 aromatic carbocycles. The van der Waals surface area contributed by atoms with E-state index < -0.39 is 68.4 Å². The van der Waals surface area contributed by atoms with Crippen LogP contribution in [0.3, 0.4) is 0 Å². The van der Waals surface area contributed by atoms with Crippen LogP contribution in [0.1, 0.15) is 54.4 Å². The number of aromatic nitrogens is 3. The Hall–Kier alpha value is -3.08. The molecule has 2 aliphatic carbocycles. The SMILES string of the molecule is CC1(Cn2nc(C3(C#N)CC3)c(C(F)(F)F)c2C(=O)Nc2ccnc([S@@](C)(=N)=O)c2)CC(F)(F)C1. The van der Waals surface area contributed by atoms with E-state index in [9.17, 15) is 36.2 Å². The Kier molecular flexibility index (Phi) is 5.51. The molecule has 0 bridgehead atoms. The molecule has 1 amide bonds. The standard InChI is InChI=1S/C21H21F5N6O2S/c1-18(8-20(22,23)9-18)11-32-15(14(21(24,25)26)16(31-32)19(10-27)4-5-19)17(33)30-12-3-6-29-13(7-12)35(2,28)34/h3,6-7,28H,4-5,8-9,11H2,1-2H3,(H,29,30,33)/t35-/m0/s1. The highest BCUT2D eigenvalue weighted by Gasteiger charge is 2.57. The summed E-state index contributed by atoms with van der Waals surface area (Å²) in [5.74, 6) is -4.19. The van der Waals surface area contributed by atoms with Gasteiger partial charge in [0.15, 0.2) is 0 Å². The third kappa shape index (κ3) is 4.73. The third-order valence-electron chi connectivity index (χ3n) is 6.16. The van der Waals surface area contributed by atoms with Crippen molar-refractivity contribution < 1.29 is 31.0 Å². The molecule has 2 aliphatic rings. The van der Waals surface area contributed by atoms with E-state index in [1.165, 1.54) is 13.0 Å². The summed E-state index contributed by atoms with van der Waals surface area (Å²) in [6.45, 7) is 1.09. The maximum absolute atomic E-state index is 14.3. The maximum atomic E-state index is 14.3. The van der Waals surface area contributed by atoms with Crippen LogP contribution in [0.4, 0.5) is 27.6 Å². The highest BCUT2D eigenvalue weighted by atomic mass is 32.2. The zero-order chi connectivity index (χ0) is 26.0. The fourth-order valence-corrected chi connectivity index (χ4v) is 5.11. The van der Waals surface area contributed by atoms with Crippen LogP contribution >= 0.6 is 0 Å². The fourth-order valence-electron chi connectivity index (χ4n) is 4.50. The van der Waals surface area contributed by atoms with Crippen LogP contribution in [0.25, 0.3) is 0 Å². The summed E-state index contributed by atoms with van der Waals surface area (Å²) in [5.41, 5.74) is -5.53. The predicted molar refractivity (Wildman–Crippen MR) is 113 cm³/mol. The number of rotatable bonds is 6. The van der Waals surface area contributed by atoms with Gasteiger partial charge in [-0.05, 0) is 30.4 Å². The molecule has 0 radical (unpaired) electrons. The molecule has 35 heavy (non-hydrogen) atoms. The van der Waals surface area contributed by atoms with Crippen LogP contribution in [-0.4, -0.2) is 37.1 Å². The molecule has 2 heterocycles. The third-order valence-corrected chi connectivity index (χ3v) is 7.18. The number of hydrogen-bond acceptors (Lipinski definition) is 6. The Morgan fingerprint density at radius 3 is 2.46 bits per heavy atom. The maximum Gasteiger partial charge on any atom is 0.420 e. The van der Waals surface area contributed by atoms with Gasteiger partial charge in [0.25, 0.3) is 5.91 Å². The second-order valence-electron chi connectivity index (χ2n) is 9.62. The number of nitriles is 1. The van der Waals surface area contributed by atoms with Gasteiger partial charge in [-0.1, -0.05) is 6.92 Å². The zero-order valence-corrected chi connectivity index (χ0v) is 19.5. The van der Waals surface area contributed by atoms with Gasteiger partial charge in [-0.25, -0.2) is 22.8 Å². The largest absolute Gasteiger partial charge is 0.420 e. The number of anilines is 1. The van der Waals surface area contributed by atoms with Crippen molar-refractivity contribution in [3.63, 3.8) is 0 Å². The lowest BCUT2D eigenvalue weighted by Crippen LogP contribution is -2.47. The van der Waals surface area contributed by atoms with Gasteiger partial charge in [-0.3, -0.25) is 9.48 Å². The molecule has 2 saturated carbocycles. The predicted octanol–water partition coefficient (Wildman–Crippen LogP) is 4.58. The molecule has 2 N–H and O–H groups in total. The zero-order valence-electron chi connectivity index (χ0n) is 18.7. The first-order chi connectivity index (χ1) is 16.0. The van der Waals surface area contributed by atoms with Gasteiger partial charge in [-0.2, -0.15) is 23.5 Å². The smallest absolute Gasteiger partial charge is 0.320 e. The minimum absolute atomic E-state index is 0.0629. The van der Waals surface area contributed by atoms with E-state index in [0.29, 0.717) is 0 Å². The van der Waals surface area contributed by atoms with Gasteiger partial charge in [0.1, 0.15) is 21.7 Å². The number of amides is 1. The molecule has 4 rings (SSSR count). The van der Waals surface area contributed by atoms with Crippen LogP contribution < -0.4 is 5.32 Å². The fraction of sp³-hybridized carbons (Fsp3) is 0.524. The summed E-state index contributed by atoms with van der Waals surface area (Å²) in [4.78, 5) is 17.0. The lowest BCUT2D eigenvalue weighted by molar-refractivity contribution is -0.160. The summed E-state index contributed by atoms with van der Waals surface area (Å²) in [7, 11) is -3.27. The van der Waals surface area contributed by atoms with E-state index in [1.54, 1.807) is 0 Å². The summed E-state index contributed by atoms with van der Waals surface area (Å²) in [6.07, 6.45) is -3.73. The van der Waals surface area contributed by atoms with Crippen molar-refractivity contribution in [2.75, 3.05) is 11.6 Å². The van der Waals surface area contributed by atoms with E-state index in [-0.39, 0.29) is 30.1 Å². The van der Waals surface area contributed by atoms with Gasteiger partial charge < -0.3 is 5.32 Å². The molecular formula is C21H21F5N6O2S. The summed E-state index contributed by atoms with van der Waals surface area (Å²) in [5, 5.41) is 15.6. The molecule has 8 nitrogen and oxygen atoms in total. The molecule has 2 aromatic heterocycles. The van der Waals surface area contributed by atoms with Crippen LogP contribution in [-0.2, 0) is 27.9 Å². The topological polar surface area (TPSA) is 125 Å². The molecule has 2 fully saturated rings. The number of hydrogen-bond donors (Lipinski definition) is 2. The van der Waals surface area contributed by atoms with Crippen LogP contribution in [0.2, 0.25) is 0 Å². The number of nitrogens with zero attached hydrogens (tertiary/aromatic N) is 4. The van der Waals surface area contributed by atoms with Gasteiger partial charge >= 0.3 is 6.18 Å². The Morgan fingerprint density at radius 2 is 1.97 bits per heavy atom. The molecule has 0 aliphatic heterocycles. The van der Waals surface area contributed by atoms with Gasteiger partial charge in [0.05, 0.1) is 21.5 Å². The molecule has 14 heteroatoms. The molecule has 2 aromatic rings. The van der Waals surface area contributed by atoms with Crippen LogP contribution in [0, 0.1) is 21.5 Å². The van der Waals surface area contributed by atoms with Crippen LogP contribution in [0.5, 0.6) is 0 Å². The number of halogens is 5. The van der Waals surface area contributed by atoms with E-state index >= 15 is 0 Å². The van der Waals surface area contributed by atoms with Crippen molar-refractivity contribution in [3.8, 4) is 6.07 Å². The van der Waals surface area contributed by atoms with E-state index in [4.69, 9.17) is 4.78 Å². The Balaban J connectivity index is 1.81. The van der Waals surface area contributed by atoms with Crippen molar-refractivity contribution >= 4 is 21.3 Å². The number of alkyl halides is 5.